The molecule has 112 valence electrons. The van der Waals surface area contributed by atoms with Crippen LogP contribution in [0.1, 0.15) is 20.8 Å². The van der Waals surface area contributed by atoms with Gasteiger partial charge < -0.3 is 9.64 Å². The van der Waals surface area contributed by atoms with Crippen LogP contribution in [-0.2, 0) is 19.0 Å². The van der Waals surface area contributed by atoms with Crippen LogP contribution < -0.4 is 0 Å². The molecule has 1 rings (SSSR count). The van der Waals surface area contributed by atoms with E-state index >= 15 is 0 Å². The average Bonchev–Trinajstić information content (AvgIpc) is 2.55. The number of amides is 1. The first-order valence-corrected chi connectivity index (χ1v) is 7.75. The van der Waals surface area contributed by atoms with Gasteiger partial charge in [-0.25, -0.2) is 4.79 Å². The summed E-state index contributed by atoms with van der Waals surface area (Å²) in [4.78, 5) is 13.1. The summed E-state index contributed by atoms with van der Waals surface area (Å²) in [6.07, 6.45) is -0.545. The fraction of sp³-hybridized carbons (Fsp3) is 0.909. The second-order valence-electron chi connectivity index (χ2n) is 5.64. The van der Waals surface area contributed by atoms with Crippen molar-refractivity contribution in [3.05, 3.63) is 0 Å². The molecule has 1 aliphatic heterocycles. The van der Waals surface area contributed by atoms with E-state index in [1.165, 1.54) is 4.90 Å². The molecule has 0 bridgehead atoms. The van der Waals surface area contributed by atoms with E-state index in [0.717, 1.165) is 6.26 Å². The highest BCUT2D eigenvalue weighted by molar-refractivity contribution is 7.86. The van der Waals surface area contributed by atoms with Crippen LogP contribution in [0.2, 0.25) is 0 Å². The molecule has 0 spiro atoms. The lowest BCUT2D eigenvalue weighted by molar-refractivity contribution is 0.0275. The molecule has 0 aromatic rings. The highest BCUT2D eigenvalue weighted by Gasteiger charge is 2.39. The fourth-order valence-electron chi connectivity index (χ4n) is 1.80. The molecule has 8 heteroatoms. The molecule has 0 saturated carbocycles. The maximum atomic E-state index is 12.8. The van der Waals surface area contributed by atoms with Crippen molar-refractivity contribution in [1.29, 1.82) is 0 Å². The molecule has 1 heterocycles. The van der Waals surface area contributed by atoms with E-state index in [1.807, 2.05) is 0 Å². The first kappa shape index (κ1) is 16.2. The van der Waals surface area contributed by atoms with Gasteiger partial charge in [-0.2, -0.15) is 8.42 Å². The van der Waals surface area contributed by atoms with Gasteiger partial charge >= 0.3 is 6.09 Å². The Kier molecular flexibility index (Phi) is 4.78. The summed E-state index contributed by atoms with van der Waals surface area (Å²) < 4.78 is 44.9. The standard InChI is InChI=1S/C11H20FNO5S/c1-11(2,3)17-10(14)13-6-8(5-12)9(7-13)18-19(4,15)16/h8-9H,5-7H2,1-4H3/t8-,9-/m1/s1. The Bertz CT molecular complexity index is 431. The van der Waals surface area contributed by atoms with Crippen LogP contribution in [-0.4, -0.2) is 57.1 Å². The van der Waals surface area contributed by atoms with Gasteiger partial charge in [0.1, 0.15) is 11.7 Å². The zero-order valence-corrected chi connectivity index (χ0v) is 12.4. The Labute approximate surface area is 113 Å². The zero-order valence-electron chi connectivity index (χ0n) is 11.6. The van der Waals surface area contributed by atoms with E-state index in [0.29, 0.717) is 0 Å². The lowest BCUT2D eigenvalue weighted by atomic mass is 10.1. The summed E-state index contributed by atoms with van der Waals surface area (Å²) in [6.45, 7) is 4.51. The van der Waals surface area contributed by atoms with E-state index in [9.17, 15) is 17.6 Å². The quantitative estimate of drug-likeness (QED) is 0.731. The highest BCUT2D eigenvalue weighted by atomic mass is 32.2. The molecule has 6 nitrogen and oxygen atoms in total. The Morgan fingerprint density at radius 2 is 1.95 bits per heavy atom. The predicted molar refractivity (Wildman–Crippen MR) is 67.0 cm³/mol. The van der Waals surface area contributed by atoms with Gasteiger partial charge in [-0.3, -0.25) is 8.57 Å². The van der Waals surface area contributed by atoms with Gasteiger partial charge in [-0.05, 0) is 20.8 Å². The first-order valence-electron chi connectivity index (χ1n) is 5.94. The Morgan fingerprint density at radius 1 is 1.37 bits per heavy atom. The number of carbonyl (C=O) groups excluding carboxylic acids is 1. The molecule has 0 N–H and O–H groups in total. The van der Waals surface area contributed by atoms with E-state index in [2.05, 4.69) is 0 Å². The summed E-state index contributed by atoms with van der Waals surface area (Å²) in [5.74, 6) is -0.651. The molecule has 0 unspecified atom stereocenters. The van der Waals surface area contributed by atoms with Gasteiger partial charge in [0.25, 0.3) is 10.1 Å². The van der Waals surface area contributed by atoms with Crippen molar-refractivity contribution in [2.75, 3.05) is 26.0 Å². The number of rotatable bonds is 3. The number of nitrogens with zero attached hydrogens (tertiary/aromatic N) is 1. The third-order valence-corrected chi connectivity index (χ3v) is 3.13. The van der Waals surface area contributed by atoms with Gasteiger partial charge in [0.15, 0.2) is 0 Å². The second kappa shape index (κ2) is 5.62. The molecule has 0 aromatic heterocycles. The molecule has 2 atom stereocenters. The number of hydrogen-bond donors (Lipinski definition) is 0. The molecule has 1 fully saturated rings. The minimum Gasteiger partial charge on any atom is -0.444 e. The summed E-state index contributed by atoms with van der Waals surface area (Å²) in [5.41, 5.74) is -0.655. The van der Waals surface area contributed by atoms with Crippen molar-refractivity contribution < 1.29 is 26.5 Å². The van der Waals surface area contributed by atoms with Crippen LogP contribution in [0, 0.1) is 5.92 Å². The fourth-order valence-corrected chi connectivity index (χ4v) is 2.47. The SMILES string of the molecule is CC(C)(C)OC(=O)N1C[C@@H](CF)[C@H](OS(C)(=O)=O)C1. The third kappa shape index (κ3) is 5.32. The van der Waals surface area contributed by atoms with Gasteiger partial charge in [0, 0.05) is 12.5 Å². The van der Waals surface area contributed by atoms with Crippen molar-refractivity contribution in [2.24, 2.45) is 5.92 Å². The van der Waals surface area contributed by atoms with Gasteiger partial charge in [0.2, 0.25) is 0 Å². The topological polar surface area (TPSA) is 72.9 Å². The summed E-state index contributed by atoms with van der Waals surface area (Å²) in [5, 5.41) is 0. The summed E-state index contributed by atoms with van der Waals surface area (Å²) in [6, 6.07) is 0. The largest absolute Gasteiger partial charge is 0.444 e. The van der Waals surface area contributed by atoms with Gasteiger partial charge in [-0.1, -0.05) is 0 Å². The van der Waals surface area contributed by atoms with E-state index in [1.54, 1.807) is 20.8 Å². The minimum absolute atomic E-state index is 0.0105. The number of likely N-dealkylation sites (tertiary alicyclic amines) is 1. The van der Waals surface area contributed by atoms with Crippen LogP contribution in [0.25, 0.3) is 0 Å². The van der Waals surface area contributed by atoms with Crippen LogP contribution in [0.15, 0.2) is 0 Å². The number of halogens is 1. The van der Waals surface area contributed by atoms with Crippen LogP contribution >= 0.6 is 0 Å². The lowest BCUT2D eigenvalue weighted by Crippen LogP contribution is -2.36. The maximum Gasteiger partial charge on any atom is 0.410 e. The molecular formula is C11H20FNO5S. The van der Waals surface area contributed by atoms with Crippen molar-refractivity contribution in [1.82, 2.24) is 4.90 Å². The minimum atomic E-state index is -3.68. The molecule has 1 aliphatic rings. The zero-order chi connectivity index (χ0) is 14.8. The van der Waals surface area contributed by atoms with Crippen LogP contribution in [0.4, 0.5) is 9.18 Å². The molecule has 0 radical (unpaired) electrons. The van der Waals surface area contributed by atoms with Crippen LogP contribution in [0.3, 0.4) is 0 Å². The van der Waals surface area contributed by atoms with E-state index in [-0.39, 0.29) is 13.1 Å². The summed E-state index contributed by atoms with van der Waals surface area (Å²) in [7, 11) is -3.68. The number of ether oxygens (including phenoxy) is 1. The van der Waals surface area contributed by atoms with E-state index < -0.39 is 40.5 Å². The normalized spacial score (nSPS) is 24.6. The smallest absolute Gasteiger partial charge is 0.410 e. The highest BCUT2D eigenvalue weighted by Crippen LogP contribution is 2.23. The third-order valence-electron chi connectivity index (χ3n) is 2.53. The molecule has 0 aliphatic carbocycles. The molecule has 0 aromatic carbocycles. The Hall–Kier alpha value is -0.890. The van der Waals surface area contributed by atoms with Crippen molar-refractivity contribution in [3.63, 3.8) is 0 Å². The Morgan fingerprint density at radius 3 is 2.37 bits per heavy atom. The van der Waals surface area contributed by atoms with Crippen molar-refractivity contribution in [3.8, 4) is 0 Å². The van der Waals surface area contributed by atoms with Crippen molar-refractivity contribution >= 4 is 16.2 Å². The molecule has 1 amide bonds. The maximum absolute atomic E-state index is 12.8. The van der Waals surface area contributed by atoms with Crippen molar-refractivity contribution in [2.45, 2.75) is 32.5 Å². The second-order valence-corrected chi connectivity index (χ2v) is 7.24. The number of hydrogen-bond acceptors (Lipinski definition) is 5. The van der Waals surface area contributed by atoms with Crippen LogP contribution in [0.5, 0.6) is 0 Å². The number of carbonyl (C=O) groups is 1. The van der Waals surface area contributed by atoms with Gasteiger partial charge in [0.05, 0.1) is 19.5 Å². The summed E-state index contributed by atoms with van der Waals surface area (Å²) >= 11 is 0. The first-order chi connectivity index (χ1) is 8.52. The molecule has 1 saturated heterocycles. The number of alkyl halides is 1. The Balaban J connectivity index is 2.69. The van der Waals surface area contributed by atoms with Gasteiger partial charge in [-0.15, -0.1) is 0 Å². The predicted octanol–water partition coefficient (Wildman–Crippen LogP) is 1.17. The molecular weight excluding hydrogens is 277 g/mol. The monoisotopic (exact) mass is 297 g/mol. The lowest BCUT2D eigenvalue weighted by Gasteiger charge is -2.24. The average molecular weight is 297 g/mol. The van der Waals surface area contributed by atoms with E-state index in [4.69, 9.17) is 8.92 Å². The molecule has 19 heavy (non-hydrogen) atoms.